The Labute approximate surface area is 117 Å². The van der Waals surface area contributed by atoms with E-state index in [0.29, 0.717) is 18.3 Å². The number of anilines is 1. The number of carboxylic acid groups (broad SMARTS) is 1. The number of rotatable bonds is 6. The van der Waals surface area contributed by atoms with Crippen molar-refractivity contribution in [1.82, 2.24) is 4.90 Å². The lowest BCUT2D eigenvalue weighted by Crippen LogP contribution is -2.36. The third-order valence-corrected chi connectivity index (χ3v) is 3.26. The van der Waals surface area contributed by atoms with E-state index in [1.807, 2.05) is 6.92 Å². The smallest absolute Gasteiger partial charge is 0.335 e. The predicted octanol–water partition coefficient (Wildman–Crippen LogP) is 1.36. The Bertz CT molecular complexity index is 526. The summed E-state index contributed by atoms with van der Waals surface area (Å²) in [4.78, 5) is 24.6. The number of carbonyl (C=O) groups is 2. The van der Waals surface area contributed by atoms with Gasteiger partial charge in [0.25, 0.3) is 5.91 Å². The zero-order valence-electron chi connectivity index (χ0n) is 11.3. The van der Waals surface area contributed by atoms with Gasteiger partial charge in [0.1, 0.15) is 5.75 Å². The van der Waals surface area contributed by atoms with E-state index < -0.39 is 5.97 Å². The molecule has 0 spiro atoms. The number of hydrogen-bond acceptors (Lipinski definition) is 4. The topological polar surface area (TPSA) is 92.9 Å². The fourth-order valence-electron chi connectivity index (χ4n) is 2.06. The number of carbonyl (C=O) groups excluding carboxylic acids is 1. The van der Waals surface area contributed by atoms with Crippen molar-refractivity contribution in [3.8, 4) is 5.75 Å². The molecule has 0 bridgehead atoms. The largest absolute Gasteiger partial charge is 0.482 e. The van der Waals surface area contributed by atoms with Crippen LogP contribution in [0.2, 0.25) is 0 Å². The van der Waals surface area contributed by atoms with E-state index in [1.54, 1.807) is 4.90 Å². The number of aromatic carboxylic acids is 1. The molecule has 1 aliphatic carbocycles. The summed E-state index contributed by atoms with van der Waals surface area (Å²) in [5.41, 5.74) is 6.02. The standard InChI is InChI=1S/C14H18N2O4/c1-2-16(10-4-5-10)13(17)8-20-12-6-3-9(14(18)19)7-11(12)15/h3,6-7,10H,2,4-5,8,15H2,1H3,(H,18,19). The molecule has 0 unspecified atom stereocenters. The molecule has 1 aliphatic rings. The normalized spacial score (nSPS) is 13.8. The van der Waals surface area contributed by atoms with Gasteiger partial charge in [-0.15, -0.1) is 0 Å². The molecular formula is C14H18N2O4. The Hall–Kier alpha value is -2.24. The first kappa shape index (κ1) is 14.2. The maximum Gasteiger partial charge on any atom is 0.335 e. The summed E-state index contributed by atoms with van der Waals surface area (Å²) in [6.45, 7) is 2.52. The SMILES string of the molecule is CCN(C(=O)COc1ccc(C(=O)O)cc1N)C1CC1. The molecule has 0 saturated heterocycles. The van der Waals surface area contributed by atoms with Crippen LogP contribution in [0.5, 0.6) is 5.75 Å². The Morgan fingerprint density at radius 3 is 2.65 bits per heavy atom. The van der Waals surface area contributed by atoms with Gasteiger partial charge in [0.2, 0.25) is 0 Å². The fourth-order valence-corrected chi connectivity index (χ4v) is 2.06. The predicted molar refractivity (Wildman–Crippen MR) is 73.7 cm³/mol. The van der Waals surface area contributed by atoms with E-state index in [1.165, 1.54) is 18.2 Å². The van der Waals surface area contributed by atoms with Gasteiger partial charge in [-0.2, -0.15) is 0 Å². The lowest BCUT2D eigenvalue weighted by Gasteiger charge is -2.20. The summed E-state index contributed by atoms with van der Waals surface area (Å²) in [7, 11) is 0. The van der Waals surface area contributed by atoms with E-state index in [-0.39, 0.29) is 23.8 Å². The zero-order valence-corrected chi connectivity index (χ0v) is 11.3. The number of nitrogens with two attached hydrogens (primary N) is 1. The molecule has 20 heavy (non-hydrogen) atoms. The molecular weight excluding hydrogens is 260 g/mol. The van der Waals surface area contributed by atoms with Crippen LogP contribution < -0.4 is 10.5 Å². The first-order valence-electron chi connectivity index (χ1n) is 6.58. The molecule has 2 rings (SSSR count). The van der Waals surface area contributed by atoms with Crippen LogP contribution >= 0.6 is 0 Å². The summed E-state index contributed by atoms with van der Waals surface area (Å²) in [5, 5.41) is 8.83. The molecule has 1 aromatic carbocycles. The van der Waals surface area contributed by atoms with Gasteiger partial charge in [-0.05, 0) is 38.0 Å². The highest BCUT2D eigenvalue weighted by Gasteiger charge is 2.31. The number of amides is 1. The van der Waals surface area contributed by atoms with Crippen molar-refractivity contribution in [2.75, 3.05) is 18.9 Å². The molecule has 0 atom stereocenters. The minimum atomic E-state index is -1.05. The highest BCUT2D eigenvalue weighted by Crippen LogP contribution is 2.27. The summed E-state index contributed by atoms with van der Waals surface area (Å²) in [6, 6.07) is 4.54. The number of ether oxygens (including phenoxy) is 1. The van der Waals surface area contributed by atoms with Crippen molar-refractivity contribution < 1.29 is 19.4 Å². The van der Waals surface area contributed by atoms with Crippen molar-refractivity contribution in [1.29, 1.82) is 0 Å². The molecule has 108 valence electrons. The van der Waals surface area contributed by atoms with Crippen molar-refractivity contribution in [2.45, 2.75) is 25.8 Å². The zero-order chi connectivity index (χ0) is 14.7. The molecule has 0 aromatic heterocycles. The lowest BCUT2D eigenvalue weighted by atomic mass is 10.2. The van der Waals surface area contributed by atoms with Crippen molar-refractivity contribution in [3.05, 3.63) is 23.8 Å². The second kappa shape index (κ2) is 5.81. The van der Waals surface area contributed by atoms with E-state index in [4.69, 9.17) is 15.6 Å². The minimum Gasteiger partial charge on any atom is -0.482 e. The van der Waals surface area contributed by atoms with E-state index in [0.717, 1.165) is 12.8 Å². The number of carboxylic acids is 1. The maximum atomic E-state index is 12.0. The van der Waals surface area contributed by atoms with Crippen LogP contribution in [0.25, 0.3) is 0 Å². The third-order valence-electron chi connectivity index (χ3n) is 3.26. The van der Waals surface area contributed by atoms with Crippen LogP contribution in [0.1, 0.15) is 30.1 Å². The van der Waals surface area contributed by atoms with E-state index in [9.17, 15) is 9.59 Å². The summed E-state index contributed by atoms with van der Waals surface area (Å²) < 4.78 is 5.38. The molecule has 0 aliphatic heterocycles. The van der Waals surface area contributed by atoms with Gasteiger partial charge >= 0.3 is 5.97 Å². The highest BCUT2D eigenvalue weighted by atomic mass is 16.5. The number of nitrogen functional groups attached to an aromatic ring is 1. The van der Waals surface area contributed by atoms with E-state index in [2.05, 4.69) is 0 Å². The quantitative estimate of drug-likeness (QED) is 0.766. The average Bonchev–Trinajstić information content (AvgIpc) is 3.22. The summed E-state index contributed by atoms with van der Waals surface area (Å²) >= 11 is 0. The van der Waals surface area contributed by atoms with Crippen molar-refractivity contribution in [3.63, 3.8) is 0 Å². The molecule has 1 fully saturated rings. The molecule has 0 radical (unpaired) electrons. The monoisotopic (exact) mass is 278 g/mol. The van der Waals surface area contributed by atoms with Crippen LogP contribution in [0.3, 0.4) is 0 Å². The Kier molecular flexibility index (Phi) is 4.12. The molecule has 0 heterocycles. The molecule has 1 aromatic rings. The van der Waals surface area contributed by atoms with Gasteiger partial charge < -0.3 is 20.5 Å². The van der Waals surface area contributed by atoms with Gasteiger partial charge in [0, 0.05) is 12.6 Å². The molecule has 6 nitrogen and oxygen atoms in total. The number of likely N-dealkylation sites (N-methyl/N-ethyl adjacent to an activating group) is 1. The lowest BCUT2D eigenvalue weighted by molar-refractivity contribution is -0.133. The Morgan fingerprint density at radius 2 is 2.15 bits per heavy atom. The summed E-state index contributed by atoms with van der Waals surface area (Å²) in [5.74, 6) is -0.794. The van der Waals surface area contributed by atoms with Crippen molar-refractivity contribution >= 4 is 17.6 Å². The first-order chi connectivity index (χ1) is 9.52. The van der Waals surface area contributed by atoms with Gasteiger partial charge in [-0.3, -0.25) is 4.79 Å². The minimum absolute atomic E-state index is 0.0725. The molecule has 1 saturated carbocycles. The molecule has 3 N–H and O–H groups in total. The van der Waals surface area contributed by atoms with Crippen LogP contribution in [0.4, 0.5) is 5.69 Å². The van der Waals surface area contributed by atoms with E-state index >= 15 is 0 Å². The number of nitrogens with zero attached hydrogens (tertiary/aromatic N) is 1. The van der Waals surface area contributed by atoms with Crippen LogP contribution in [0, 0.1) is 0 Å². The van der Waals surface area contributed by atoms with Gasteiger partial charge in [-0.25, -0.2) is 4.79 Å². The summed E-state index contributed by atoms with van der Waals surface area (Å²) in [6.07, 6.45) is 2.10. The first-order valence-corrected chi connectivity index (χ1v) is 6.58. The molecule has 1 amide bonds. The second-order valence-electron chi connectivity index (χ2n) is 4.76. The van der Waals surface area contributed by atoms with Crippen LogP contribution in [-0.4, -0.2) is 41.1 Å². The molecule has 6 heteroatoms. The average molecular weight is 278 g/mol. The van der Waals surface area contributed by atoms with Gasteiger partial charge in [-0.1, -0.05) is 0 Å². The van der Waals surface area contributed by atoms with Gasteiger partial charge in [0.05, 0.1) is 11.3 Å². The number of hydrogen-bond donors (Lipinski definition) is 2. The third kappa shape index (κ3) is 3.20. The Balaban J connectivity index is 1.96. The highest BCUT2D eigenvalue weighted by molar-refractivity contribution is 5.89. The fraction of sp³-hybridized carbons (Fsp3) is 0.429. The maximum absolute atomic E-state index is 12.0. The second-order valence-corrected chi connectivity index (χ2v) is 4.76. The van der Waals surface area contributed by atoms with Crippen molar-refractivity contribution in [2.24, 2.45) is 0 Å². The van der Waals surface area contributed by atoms with Gasteiger partial charge in [0.15, 0.2) is 6.61 Å². The Morgan fingerprint density at radius 1 is 1.45 bits per heavy atom. The van der Waals surface area contributed by atoms with Crippen LogP contribution in [-0.2, 0) is 4.79 Å². The van der Waals surface area contributed by atoms with Crippen LogP contribution in [0.15, 0.2) is 18.2 Å². The number of benzene rings is 1.